The average molecular weight is 203 g/mol. The fourth-order valence-corrected chi connectivity index (χ4v) is 1.05. The van der Waals surface area contributed by atoms with E-state index in [0.29, 0.717) is 0 Å². The molecule has 6 heteroatoms. The SMILES string of the molecule is COC(=O)c1[nH]c(C(N)=O)cc1Cl. The van der Waals surface area contributed by atoms with Gasteiger partial charge in [-0.3, -0.25) is 4.79 Å². The van der Waals surface area contributed by atoms with Crippen molar-refractivity contribution in [3.63, 3.8) is 0 Å². The molecule has 1 aromatic rings. The van der Waals surface area contributed by atoms with Crippen LogP contribution in [0.3, 0.4) is 0 Å². The van der Waals surface area contributed by atoms with Gasteiger partial charge in [0.15, 0.2) is 0 Å². The number of hydrogen-bond donors (Lipinski definition) is 2. The number of aromatic amines is 1. The number of hydrogen-bond acceptors (Lipinski definition) is 3. The zero-order valence-electron chi connectivity index (χ0n) is 6.76. The van der Waals surface area contributed by atoms with Crippen molar-refractivity contribution in [1.82, 2.24) is 4.98 Å². The van der Waals surface area contributed by atoms with E-state index in [1.165, 1.54) is 13.2 Å². The van der Waals surface area contributed by atoms with E-state index in [1.807, 2.05) is 0 Å². The van der Waals surface area contributed by atoms with E-state index in [-0.39, 0.29) is 16.4 Å². The van der Waals surface area contributed by atoms with Crippen molar-refractivity contribution >= 4 is 23.5 Å². The standard InChI is InChI=1S/C7H7ClN2O3/c1-13-7(12)5-3(8)2-4(10-5)6(9)11/h2,10H,1H3,(H2,9,11). The highest BCUT2D eigenvalue weighted by molar-refractivity contribution is 6.33. The number of ether oxygens (including phenoxy) is 1. The van der Waals surface area contributed by atoms with E-state index >= 15 is 0 Å². The van der Waals surface area contributed by atoms with Gasteiger partial charge >= 0.3 is 5.97 Å². The summed E-state index contributed by atoms with van der Waals surface area (Å²) >= 11 is 5.62. The smallest absolute Gasteiger partial charge is 0.356 e. The molecule has 0 aliphatic carbocycles. The lowest BCUT2D eigenvalue weighted by atomic mass is 10.4. The number of rotatable bonds is 2. The Kier molecular flexibility index (Phi) is 2.57. The van der Waals surface area contributed by atoms with E-state index in [1.54, 1.807) is 0 Å². The second kappa shape index (κ2) is 3.49. The van der Waals surface area contributed by atoms with Crippen molar-refractivity contribution in [3.05, 3.63) is 22.5 Å². The number of esters is 1. The van der Waals surface area contributed by atoms with Gasteiger partial charge in [-0.1, -0.05) is 11.6 Å². The monoisotopic (exact) mass is 202 g/mol. The molecule has 0 saturated carbocycles. The van der Waals surface area contributed by atoms with Crippen molar-refractivity contribution in [2.75, 3.05) is 7.11 Å². The molecule has 0 aromatic carbocycles. The van der Waals surface area contributed by atoms with Crippen molar-refractivity contribution < 1.29 is 14.3 Å². The summed E-state index contributed by atoms with van der Waals surface area (Å²) in [6.45, 7) is 0. The van der Waals surface area contributed by atoms with Crippen LogP contribution in [-0.2, 0) is 4.74 Å². The number of nitrogens with one attached hydrogen (secondary N) is 1. The number of aromatic nitrogens is 1. The summed E-state index contributed by atoms with van der Waals surface area (Å²) in [7, 11) is 1.21. The third-order valence-corrected chi connectivity index (χ3v) is 1.72. The highest BCUT2D eigenvalue weighted by Crippen LogP contribution is 2.17. The van der Waals surface area contributed by atoms with Crippen LogP contribution in [0.15, 0.2) is 6.07 Å². The lowest BCUT2D eigenvalue weighted by Gasteiger charge is -1.94. The predicted molar refractivity (Wildman–Crippen MR) is 45.7 cm³/mol. The minimum absolute atomic E-state index is 0.0259. The maximum absolute atomic E-state index is 11.0. The molecule has 0 spiro atoms. The van der Waals surface area contributed by atoms with E-state index in [4.69, 9.17) is 17.3 Å². The van der Waals surface area contributed by atoms with E-state index in [9.17, 15) is 9.59 Å². The Labute approximate surface area is 78.8 Å². The minimum Gasteiger partial charge on any atom is -0.464 e. The van der Waals surface area contributed by atoms with Gasteiger partial charge in [-0.2, -0.15) is 0 Å². The topological polar surface area (TPSA) is 85.2 Å². The van der Waals surface area contributed by atoms with Crippen LogP contribution >= 0.6 is 11.6 Å². The summed E-state index contributed by atoms with van der Waals surface area (Å²) in [6, 6.07) is 1.27. The first kappa shape index (κ1) is 9.60. The van der Waals surface area contributed by atoms with Crippen LogP contribution in [0, 0.1) is 0 Å². The summed E-state index contributed by atoms with van der Waals surface area (Å²) < 4.78 is 4.40. The average Bonchev–Trinajstić information content (AvgIpc) is 2.46. The predicted octanol–water partition coefficient (Wildman–Crippen LogP) is 0.554. The molecule has 1 rings (SSSR count). The van der Waals surface area contributed by atoms with Crippen LogP contribution < -0.4 is 5.73 Å². The summed E-state index contributed by atoms with van der Waals surface area (Å²) in [5, 5.41) is 0.112. The van der Waals surface area contributed by atoms with E-state index in [2.05, 4.69) is 9.72 Å². The molecule has 1 heterocycles. The Morgan fingerprint density at radius 1 is 1.62 bits per heavy atom. The van der Waals surface area contributed by atoms with E-state index < -0.39 is 11.9 Å². The first-order valence-electron chi connectivity index (χ1n) is 3.33. The maximum Gasteiger partial charge on any atom is 0.356 e. The zero-order valence-corrected chi connectivity index (χ0v) is 7.51. The first-order chi connectivity index (χ1) is 6.06. The summed E-state index contributed by atoms with van der Waals surface area (Å²) in [5.41, 5.74) is 5.06. The van der Waals surface area contributed by atoms with Crippen LogP contribution in [0.4, 0.5) is 0 Å². The molecule has 0 unspecified atom stereocenters. The molecular weight excluding hydrogens is 196 g/mol. The van der Waals surface area contributed by atoms with Gasteiger partial charge in [-0.05, 0) is 6.07 Å². The number of amides is 1. The fourth-order valence-electron chi connectivity index (χ4n) is 0.813. The number of H-pyrrole nitrogens is 1. The van der Waals surface area contributed by atoms with Gasteiger partial charge in [0.2, 0.25) is 0 Å². The van der Waals surface area contributed by atoms with E-state index in [0.717, 1.165) is 0 Å². The van der Waals surface area contributed by atoms with Gasteiger partial charge in [0.1, 0.15) is 11.4 Å². The number of carbonyl (C=O) groups excluding carboxylic acids is 2. The molecule has 0 radical (unpaired) electrons. The number of primary amides is 1. The number of halogens is 1. The second-order valence-corrected chi connectivity index (χ2v) is 2.67. The largest absolute Gasteiger partial charge is 0.464 e. The Balaban J connectivity index is 3.10. The maximum atomic E-state index is 11.0. The third kappa shape index (κ3) is 1.81. The third-order valence-electron chi connectivity index (χ3n) is 1.42. The Morgan fingerprint density at radius 2 is 2.23 bits per heavy atom. The van der Waals surface area contributed by atoms with Crippen LogP contribution in [0.5, 0.6) is 0 Å². The molecule has 3 N–H and O–H groups in total. The molecular formula is C7H7ClN2O3. The molecule has 70 valence electrons. The lowest BCUT2D eigenvalue weighted by Crippen LogP contribution is -2.12. The van der Waals surface area contributed by atoms with Gasteiger partial charge in [-0.25, -0.2) is 4.79 Å². The Morgan fingerprint density at radius 3 is 2.62 bits per heavy atom. The molecule has 5 nitrogen and oxygen atoms in total. The summed E-state index contributed by atoms with van der Waals surface area (Å²) in [4.78, 5) is 24.1. The summed E-state index contributed by atoms with van der Waals surface area (Å²) in [5.74, 6) is -1.32. The van der Waals surface area contributed by atoms with Gasteiger partial charge in [-0.15, -0.1) is 0 Å². The second-order valence-electron chi connectivity index (χ2n) is 2.26. The minimum atomic E-state index is -0.683. The highest BCUT2D eigenvalue weighted by atomic mass is 35.5. The number of methoxy groups -OCH3 is 1. The van der Waals surface area contributed by atoms with Gasteiger partial charge in [0.05, 0.1) is 12.1 Å². The quantitative estimate of drug-likeness (QED) is 0.687. The van der Waals surface area contributed by atoms with Crippen LogP contribution in [0.25, 0.3) is 0 Å². The van der Waals surface area contributed by atoms with Crippen LogP contribution in [0.2, 0.25) is 5.02 Å². The van der Waals surface area contributed by atoms with Gasteiger partial charge in [0, 0.05) is 0 Å². The van der Waals surface area contributed by atoms with Crippen molar-refractivity contribution in [2.45, 2.75) is 0 Å². The lowest BCUT2D eigenvalue weighted by molar-refractivity contribution is 0.0595. The Bertz CT molecular complexity index is 359. The van der Waals surface area contributed by atoms with Crippen molar-refractivity contribution in [2.24, 2.45) is 5.73 Å². The molecule has 0 aliphatic rings. The molecule has 0 bridgehead atoms. The van der Waals surface area contributed by atoms with Crippen LogP contribution in [0.1, 0.15) is 21.0 Å². The number of carbonyl (C=O) groups is 2. The van der Waals surface area contributed by atoms with Crippen molar-refractivity contribution in [3.8, 4) is 0 Å². The van der Waals surface area contributed by atoms with Crippen molar-refractivity contribution in [1.29, 1.82) is 0 Å². The molecule has 13 heavy (non-hydrogen) atoms. The molecule has 0 fully saturated rings. The molecule has 0 atom stereocenters. The highest BCUT2D eigenvalue weighted by Gasteiger charge is 2.16. The molecule has 0 aliphatic heterocycles. The molecule has 0 saturated heterocycles. The zero-order chi connectivity index (χ0) is 10.0. The molecule has 1 amide bonds. The fraction of sp³-hybridized carbons (Fsp3) is 0.143. The van der Waals surface area contributed by atoms with Crippen LogP contribution in [-0.4, -0.2) is 24.0 Å². The van der Waals surface area contributed by atoms with Gasteiger partial charge < -0.3 is 15.5 Å². The number of nitrogens with two attached hydrogens (primary N) is 1. The summed E-state index contributed by atoms with van der Waals surface area (Å²) in [6.07, 6.45) is 0. The molecule has 1 aromatic heterocycles. The first-order valence-corrected chi connectivity index (χ1v) is 3.70. The Hall–Kier alpha value is -1.49. The normalized spacial score (nSPS) is 9.69. The van der Waals surface area contributed by atoms with Gasteiger partial charge in [0.25, 0.3) is 5.91 Å².